The molecule has 4 heteroatoms. The lowest BCUT2D eigenvalue weighted by molar-refractivity contribution is -0.633. The van der Waals surface area contributed by atoms with Crippen LogP contribution in [0.25, 0.3) is 22.2 Å². The number of aryl methyl sites for hydroxylation is 3. The van der Waals surface area contributed by atoms with Gasteiger partial charge in [0.25, 0.3) is 0 Å². The normalized spacial score (nSPS) is 12.0. The lowest BCUT2D eigenvalue weighted by atomic mass is 9.96. The largest absolute Gasteiger partial charge is 0.416 e. The number of benzene rings is 2. The maximum absolute atomic E-state index is 12.9. The van der Waals surface area contributed by atoms with E-state index < -0.39 is 11.7 Å². The van der Waals surface area contributed by atoms with Gasteiger partial charge in [0.15, 0.2) is 0 Å². The smallest absolute Gasteiger partial charge is 0.194 e. The van der Waals surface area contributed by atoms with Crippen LogP contribution in [0, 0.1) is 20.8 Å². The van der Waals surface area contributed by atoms with Crippen LogP contribution in [0.5, 0.6) is 0 Å². The minimum absolute atomic E-state index is 0.582. The minimum Gasteiger partial charge on any atom is -0.194 e. The molecule has 0 fully saturated rings. The van der Waals surface area contributed by atoms with Gasteiger partial charge in [-0.1, -0.05) is 11.6 Å². The van der Waals surface area contributed by atoms with Crippen molar-refractivity contribution in [3.8, 4) is 11.3 Å². The van der Waals surface area contributed by atoms with Crippen LogP contribution in [-0.4, -0.2) is 0 Å². The van der Waals surface area contributed by atoms with E-state index in [4.69, 9.17) is 0 Å². The highest BCUT2D eigenvalue weighted by Gasteiger charge is 2.31. The second-order valence-corrected chi connectivity index (χ2v) is 6.30. The quantitative estimate of drug-likeness (QED) is 0.535. The fourth-order valence-electron chi connectivity index (χ4n) is 3.16. The van der Waals surface area contributed by atoms with Gasteiger partial charge < -0.3 is 0 Å². The average molecular weight is 330 g/mol. The van der Waals surface area contributed by atoms with Crippen LogP contribution in [0.3, 0.4) is 0 Å². The van der Waals surface area contributed by atoms with Crippen molar-refractivity contribution in [2.45, 2.75) is 26.9 Å². The molecule has 0 spiro atoms. The van der Waals surface area contributed by atoms with Gasteiger partial charge in [-0.15, -0.1) is 0 Å². The molecule has 0 aliphatic carbocycles. The van der Waals surface area contributed by atoms with Crippen LogP contribution >= 0.6 is 0 Å². The second-order valence-electron chi connectivity index (χ2n) is 6.30. The van der Waals surface area contributed by atoms with E-state index in [1.807, 2.05) is 24.6 Å². The monoisotopic (exact) mass is 330 g/mol. The number of pyridine rings is 1. The van der Waals surface area contributed by atoms with Gasteiger partial charge in [-0.05, 0) is 56.2 Å². The number of alkyl halides is 3. The van der Waals surface area contributed by atoms with Crippen molar-refractivity contribution in [2.75, 3.05) is 0 Å². The number of rotatable bonds is 1. The zero-order chi connectivity index (χ0) is 17.6. The van der Waals surface area contributed by atoms with Crippen molar-refractivity contribution in [2.24, 2.45) is 7.05 Å². The Morgan fingerprint density at radius 1 is 0.875 bits per heavy atom. The Balaban J connectivity index is 2.24. The van der Waals surface area contributed by atoms with Crippen LogP contribution in [0.15, 0.2) is 42.5 Å². The molecule has 0 radical (unpaired) electrons. The molecule has 0 N–H and O–H groups in total. The molecule has 2 aromatic carbocycles. The topological polar surface area (TPSA) is 3.88 Å². The van der Waals surface area contributed by atoms with Gasteiger partial charge in [0.05, 0.1) is 5.56 Å². The van der Waals surface area contributed by atoms with Crippen LogP contribution in [0.4, 0.5) is 13.2 Å². The van der Waals surface area contributed by atoms with Crippen molar-refractivity contribution in [3.05, 3.63) is 64.7 Å². The Labute approximate surface area is 139 Å². The third-order valence-corrected chi connectivity index (χ3v) is 4.59. The molecule has 124 valence electrons. The number of halogens is 3. The summed E-state index contributed by atoms with van der Waals surface area (Å²) in [6.45, 7) is 6.19. The van der Waals surface area contributed by atoms with Crippen molar-refractivity contribution < 1.29 is 17.7 Å². The molecule has 0 saturated heterocycles. The minimum atomic E-state index is -4.32. The summed E-state index contributed by atoms with van der Waals surface area (Å²) in [6, 6.07) is 11.8. The van der Waals surface area contributed by atoms with Crippen LogP contribution in [-0.2, 0) is 13.2 Å². The number of nitrogens with zero attached hydrogens (tertiary/aromatic N) is 1. The lowest BCUT2D eigenvalue weighted by Gasteiger charge is -2.11. The van der Waals surface area contributed by atoms with Gasteiger partial charge in [-0.25, -0.2) is 0 Å². The van der Waals surface area contributed by atoms with Crippen molar-refractivity contribution in [1.29, 1.82) is 0 Å². The van der Waals surface area contributed by atoms with E-state index in [1.165, 1.54) is 22.8 Å². The Hall–Kier alpha value is -2.36. The highest BCUT2D eigenvalue weighted by Crippen LogP contribution is 2.32. The van der Waals surface area contributed by atoms with Crippen molar-refractivity contribution in [1.82, 2.24) is 0 Å². The summed E-state index contributed by atoms with van der Waals surface area (Å²) in [4.78, 5) is 0. The molecule has 0 aliphatic rings. The predicted octanol–water partition coefficient (Wildman–Crippen LogP) is 5.28. The zero-order valence-corrected chi connectivity index (χ0v) is 14.1. The van der Waals surface area contributed by atoms with Gasteiger partial charge in [-0.2, -0.15) is 17.7 Å². The number of aromatic nitrogens is 1. The SMILES string of the molecule is Cc1cc(C)c(C)c(-c2ccc3cc(C(F)(F)F)ccc3[n+]2C)c1. The summed E-state index contributed by atoms with van der Waals surface area (Å²) in [5, 5.41) is 0.582. The summed E-state index contributed by atoms with van der Waals surface area (Å²) in [6.07, 6.45) is -4.32. The Morgan fingerprint density at radius 2 is 1.58 bits per heavy atom. The van der Waals surface area contributed by atoms with E-state index in [-0.39, 0.29) is 0 Å². The molecule has 0 bridgehead atoms. The molecule has 3 rings (SSSR count). The summed E-state index contributed by atoms with van der Waals surface area (Å²) in [7, 11) is 1.89. The maximum atomic E-state index is 12.9. The standard InChI is InChI=1S/C20H19F3N/c1-12-9-13(2)14(3)17(10-12)19-7-5-15-11-16(20(21,22)23)6-8-18(15)24(19)4/h5-11H,1-4H3/q+1. The van der Waals surface area contributed by atoms with E-state index in [0.29, 0.717) is 5.39 Å². The lowest BCUT2D eigenvalue weighted by Crippen LogP contribution is -2.32. The van der Waals surface area contributed by atoms with Crippen LogP contribution in [0.1, 0.15) is 22.3 Å². The first-order valence-electron chi connectivity index (χ1n) is 7.76. The molecule has 0 aliphatic heterocycles. The second kappa shape index (κ2) is 5.62. The van der Waals surface area contributed by atoms with Gasteiger partial charge in [0.1, 0.15) is 7.05 Å². The van der Waals surface area contributed by atoms with Crippen molar-refractivity contribution >= 4 is 10.9 Å². The summed E-state index contributed by atoms with van der Waals surface area (Å²) in [5.41, 5.74) is 5.81. The Bertz CT molecular complexity index is 940. The first kappa shape index (κ1) is 16.5. The first-order valence-corrected chi connectivity index (χ1v) is 7.76. The molecule has 1 nitrogen and oxygen atoms in total. The highest BCUT2D eigenvalue weighted by molar-refractivity contribution is 5.79. The molecule has 0 amide bonds. The average Bonchev–Trinajstić information content (AvgIpc) is 2.50. The molecule has 0 unspecified atom stereocenters. The number of fused-ring (bicyclic) bond motifs is 1. The molecule has 1 heterocycles. The van der Waals surface area contributed by atoms with E-state index in [0.717, 1.165) is 22.8 Å². The van der Waals surface area contributed by atoms with E-state index >= 15 is 0 Å². The van der Waals surface area contributed by atoms with Crippen LogP contribution < -0.4 is 4.57 Å². The van der Waals surface area contributed by atoms with Gasteiger partial charge in [0, 0.05) is 23.1 Å². The fourth-order valence-corrected chi connectivity index (χ4v) is 3.16. The maximum Gasteiger partial charge on any atom is 0.416 e. The fraction of sp³-hybridized carbons (Fsp3) is 0.250. The third-order valence-electron chi connectivity index (χ3n) is 4.59. The summed E-state index contributed by atoms with van der Waals surface area (Å²) >= 11 is 0. The summed E-state index contributed by atoms with van der Waals surface area (Å²) in [5.74, 6) is 0. The molecular weight excluding hydrogens is 311 g/mol. The van der Waals surface area contributed by atoms with Gasteiger partial charge in [-0.3, -0.25) is 0 Å². The predicted molar refractivity (Wildman–Crippen MR) is 89.8 cm³/mol. The van der Waals surface area contributed by atoms with Gasteiger partial charge >= 0.3 is 6.18 Å². The van der Waals surface area contributed by atoms with Crippen molar-refractivity contribution in [3.63, 3.8) is 0 Å². The molecule has 0 saturated carbocycles. The number of hydrogen-bond acceptors (Lipinski definition) is 0. The zero-order valence-electron chi connectivity index (χ0n) is 14.1. The number of hydrogen-bond donors (Lipinski definition) is 0. The molecular formula is C20H19F3N+. The highest BCUT2D eigenvalue weighted by atomic mass is 19.4. The van der Waals surface area contributed by atoms with E-state index in [9.17, 15) is 13.2 Å². The van der Waals surface area contributed by atoms with E-state index in [1.54, 1.807) is 12.1 Å². The first-order chi connectivity index (χ1) is 11.2. The summed E-state index contributed by atoms with van der Waals surface area (Å²) < 4.78 is 40.6. The third kappa shape index (κ3) is 2.77. The van der Waals surface area contributed by atoms with Gasteiger partial charge in [0.2, 0.25) is 11.2 Å². The molecule has 0 atom stereocenters. The van der Waals surface area contributed by atoms with E-state index in [2.05, 4.69) is 26.0 Å². The Kier molecular flexibility index (Phi) is 3.86. The molecule has 3 aromatic rings. The van der Waals surface area contributed by atoms with Crippen LogP contribution in [0.2, 0.25) is 0 Å². The molecule has 1 aromatic heterocycles. The Morgan fingerprint density at radius 3 is 2.25 bits per heavy atom. The molecule has 24 heavy (non-hydrogen) atoms.